The van der Waals surface area contributed by atoms with Crippen molar-refractivity contribution in [2.45, 2.75) is 194 Å². The molecule has 9 heteroatoms. The SMILES string of the molecule is CCCCCCCC(C)OC(C)C(CNCCCOCPCN)OC(OC(CCCCCCC)CCCCCCC)C(O)O. The Hall–Kier alpha value is 0.110. The normalized spacial score (nSPS) is 15.1. The van der Waals surface area contributed by atoms with Gasteiger partial charge in [-0.05, 0) is 46.1 Å². The lowest BCUT2D eigenvalue weighted by Crippen LogP contribution is -2.46. The second-order valence-electron chi connectivity index (χ2n) is 12.5. The van der Waals surface area contributed by atoms with E-state index in [0.717, 1.165) is 57.8 Å². The molecule has 5 atom stereocenters. The van der Waals surface area contributed by atoms with E-state index in [1.807, 2.05) is 6.92 Å². The molecule has 8 nitrogen and oxygen atoms in total. The van der Waals surface area contributed by atoms with Crippen LogP contribution in [0.15, 0.2) is 0 Å². The summed E-state index contributed by atoms with van der Waals surface area (Å²) in [6.45, 7) is 12.8. The minimum Gasteiger partial charge on any atom is -0.377 e. The number of rotatable bonds is 35. The predicted molar refractivity (Wildman–Crippen MR) is 188 cm³/mol. The molecule has 5 N–H and O–H groups in total. The van der Waals surface area contributed by atoms with Crippen LogP contribution in [0, 0.1) is 0 Å². The van der Waals surface area contributed by atoms with Crippen LogP contribution in [0.1, 0.15) is 157 Å². The molecule has 0 amide bonds. The predicted octanol–water partition coefficient (Wildman–Crippen LogP) is 7.82. The van der Waals surface area contributed by atoms with E-state index in [0.29, 0.717) is 28.0 Å². The Bertz CT molecular complexity index is 563. The van der Waals surface area contributed by atoms with Gasteiger partial charge >= 0.3 is 0 Å². The average Bonchev–Trinajstić information content (AvgIpc) is 3.00. The summed E-state index contributed by atoms with van der Waals surface area (Å²) in [5.41, 5.74) is 5.55. The molecule has 0 aliphatic carbocycles. The van der Waals surface area contributed by atoms with Crippen LogP contribution in [-0.4, -0.2) is 79.5 Å². The molecule has 0 radical (unpaired) electrons. The van der Waals surface area contributed by atoms with Gasteiger partial charge in [0.25, 0.3) is 0 Å². The van der Waals surface area contributed by atoms with E-state index >= 15 is 0 Å². The molecule has 0 aromatic heterocycles. The van der Waals surface area contributed by atoms with Crippen molar-refractivity contribution < 1.29 is 29.2 Å². The molecule has 0 heterocycles. The maximum atomic E-state index is 10.4. The highest BCUT2D eigenvalue weighted by Gasteiger charge is 2.30. The van der Waals surface area contributed by atoms with Crippen LogP contribution in [0.4, 0.5) is 0 Å². The quantitative estimate of drug-likeness (QED) is 0.0312. The smallest absolute Gasteiger partial charge is 0.209 e. The molecule has 0 saturated carbocycles. The zero-order chi connectivity index (χ0) is 32.7. The van der Waals surface area contributed by atoms with E-state index in [9.17, 15) is 10.2 Å². The maximum absolute atomic E-state index is 10.4. The molecule has 0 aliphatic heterocycles. The van der Waals surface area contributed by atoms with Gasteiger partial charge in [-0.1, -0.05) is 126 Å². The van der Waals surface area contributed by atoms with Crippen LogP contribution in [0.5, 0.6) is 0 Å². The minimum absolute atomic E-state index is 0.0525. The number of nitrogens with one attached hydrogen (secondary N) is 1. The first kappa shape index (κ1) is 44.1. The van der Waals surface area contributed by atoms with Gasteiger partial charge in [0.2, 0.25) is 12.6 Å². The number of aliphatic hydroxyl groups is 2. The molecule has 44 heavy (non-hydrogen) atoms. The third kappa shape index (κ3) is 27.2. The van der Waals surface area contributed by atoms with Gasteiger partial charge < -0.3 is 40.2 Å². The zero-order valence-electron chi connectivity index (χ0n) is 29.5. The van der Waals surface area contributed by atoms with Crippen LogP contribution in [0.2, 0.25) is 0 Å². The monoisotopic (exact) mass is 651 g/mol. The molecular weight excluding hydrogens is 575 g/mol. The maximum Gasteiger partial charge on any atom is 0.209 e. The van der Waals surface area contributed by atoms with E-state index in [2.05, 4.69) is 33.0 Å². The first-order valence-corrected chi connectivity index (χ1v) is 19.8. The van der Waals surface area contributed by atoms with Crippen molar-refractivity contribution in [1.82, 2.24) is 5.32 Å². The topological polar surface area (TPSA) is 115 Å². The molecule has 5 unspecified atom stereocenters. The Balaban J connectivity index is 5.25. The number of unbranched alkanes of at least 4 members (excludes halogenated alkanes) is 12. The summed E-state index contributed by atoms with van der Waals surface area (Å²) >= 11 is 0. The minimum atomic E-state index is -1.72. The summed E-state index contributed by atoms with van der Waals surface area (Å²) in [4.78, 5) is 0. The van der Waals surface area contributed by atoms with Crippen molar-refractivity contribution in [2.75, 3.05) is 32.3 Å². The summed E-state index contributed by atoms with van der Waals surface area (Å²) in [5, 5.41) is 24.2. The fraction of sp³-hybridized carbons (Fsp3) is 1.00. The van der Waals surface area contributed by atoms with Gasteiger partial charge in [0, 0.05) is 19.4 Å². The van der Waals surface area contributed by atoms with Crippen LogP contribution < -0.4 is 11.1 Å². The average molecular weight is 651 g/mol. The Kier molecular flexibility index (Phi) is 33.1. The van der Waals surface area contributed by atoms with Gasteiger partial charge in [0.1, 0.15) is 0 Å². The third-order valence-corrected chi connectivity index (χ3v) is 8.86. The second-order valence-corrected chi connectivity index (χ2v) is 13.7. The number of aliphatic hydroxyl groups excluding tert-OH is 1. The van der Waals surface area contributed by atoms with Gasteiger partial charge in [-0.25, -0.2) is 0 Å². The van der Waals surface area contributed by atoms with Crippen LogP contribution in [-0.2, 0) is 18.9 Å². The first-order chi connectivity index (χ1) is 21.4. The van der Waals surface area contributed by atoms with E-state index in [1.165, 1.54) is 77.0 Å². The van der Waals surface area contributed by atoms with Crippen molar-refractivity contribution in [3.05, 3.63) is 0 Å². The molecule has 0 fully saturated rings. The second kappa shape index (κ2) is 33.0. The summed E-state index contributed by atoms with van der Waals surface area (Å²) < 4.78 is 24.8. The van der Waals surface area contributed by atoms with E-state index in [1.54, 1.807) is 0 Å². The lowest BCUT2D eigenvalue weighted by Gasteiger charge is -2.33. The van der Waals surface area contributed by atoms with Gasteiger partial charge in [0.15, 0.2) is 0 Å². The lowest BCUT2D eigenvalue weighted by molar-refractivity contribution is -0.294. The Morgan fingerprint density at radius 2 is 1.23 bits per heavy atom. The number of ether oxygens (including phenoxy) is 4. The summed E-state index contributed by atoms with van der Waals surface area (Å²) in [7, 11) is 0.643. The van der Waals surface area contributed by atoms with E-state index in [-0.39, 0.29) is 18.3 Å². The molecular formula is C35H75N2O6P. The fourth-order valence-corrected chi connectivity index (χ4v) is 5.80. The lowest BCUT2D eigenvalue weighted by atomic mass is 10.0. The third-order valence-electron chi connectivity index (χ3n) is 8.16. The van der Waals surface area contributed by atoms with Crippen molar-refractivity contribution >= 4 is 8.58 Å². The molecule has 0 bridgehead atoms. The molecule has 0 aliphatic rings. The van der Waals surface area contributed by atoms with Gasteiger partial charge in [-0.2, -0.15) is 0 Å². The van der Waals surface area contributed by atoms with E-state index < -0.39 is 18.7 Å². The van der Waals surface area contributed by atoms with Crippen LogP contribution >= 0.6 is 8.58 Å². The summed E-state index contributed by atoms with van der Waals surface area (Å²) in [5.74, 6) is 0. The molecule has 0 rings (SSSR count). The van der Waals surface area contributed by atoms with Gasteiger partial charge in [-0.3, -0.25) is 0 Å². The number of hydrogen-bond acceptors (Lipinski definition) is 8. The molecule has 0 spiro atoms. The number of hydrogen-bond donors (Lipinski definition) is 4. The van der Waals surface area contributed by atoms with Crippen molar-refractivity contribution in [2.24, 2.45) is 5.73 Å². The Morgan fingerprint density at radius 3 is 1.75 bits per heavy atom. The van der Waals surface area contributed by atoms with Gasteiger partial charge in [0.05, 0.1) is 30.8 Å². The van der Waals surface area contributed by atoms with Crippen molar-refractivity contribution in [1.29, 1.82) is 0 Å². The fourth-order valence-electron chi connectivity index (χ4n) is 5.40. The van der Waals surface area contributed by atoms with Crippen molar-refractivity contribution in [3.8, 4) is 0 Å². The first-order valence-electron chi connectivity index (χ1n) is 18.4. The van der Waals surface area contributed by atoms with Gasteiger partial charge in [-0.15, -0.1) is 0 Å². The molecule has 0 aromatic rings. The van der Waals surface area contributed by atoms with E-state index in [4.69, 9.17) is 24.7 Å². The summed E-state index contributed by atoms with van der Waals surface area (Å²) in [6.07, 6.45) is 19.9. The Morgan fingerprint density at radius 1 is 0.682 bits per heavy atom. The summed E-state index contributed by atoms with van der Waals surface area (Å²) in [6, 6.07) is 0. The zero-order valence-corrected chi connectivity index (χ0v) is 30.5. The molecule has 0 aromatic carbocycles. The molecule has 0 saturated heterocycles. The van der Waals surface area contributed by atoms with Crippen LogP contribution in [0.3, 0.4) is 0 Å². The van der Waals surface area contributed by atoms with Crippen LogP contribution in [0.25, 0.3) is 0 Å². The highest BCUT2D eigenvalue weighted by Crippen LogP contribution is 2.21. The van der Waals surface area contributed by atoms with Crippen molar-refractivity contribution in [3.63, 3.8) is 0 Å². The standard InChI is InChI=1S/C35H75N2O6P/c1-6-9-12-15-18-22-30(4)41-31(5)33(27-37-25-21-26-40-29-44-28-36)43-35(34(38)39)42-32(23-19-16-13-10-7-2)24-20-17-14-11-8-3/h30-35,37-39,44H,6-29,36H2,1-5H3. The highest BCUT2D eigenvalue weighted by molar-refractivity contribution is 7.37. The Labute approximate surface area is 274 Å². The molecule has 266 valence electrons. The highest BCUT2D eigenvalue weighted by atomic mass is 31.1. The largest absolute Gasteiger partial charge is 0.377 e. The number of nitrogens with two attached hydrogens (primary N) is 1.